The van der Waals surface area contributed by atoms with Crippen LogP contribution in [0.3, 0.4) is 0 Å². The molecule has 1 aliphatic heterocycles. The lowest BCUT2D eigenvalue weighted by molar-refractivity contribution is -0.143. The zero-order valence-corrected chi connectivity index (χ0v) is 27.7. The second kappa shape index (κ2) is 16.8. The maximum atomic E-state index is 13.5. The number of aromatic nitrogens is 3. The summed E-state index contributed by atoms with van der Waals surface area (Å²) in [5.74, 6) is -0.264. The van der Waals surface area contributed by atoms with Crippen molar-refractivity contribution < 1.29 is 32.5 Å². The molecule has 0 saturated carbocycles. The van der Waals surface area contributed by atoms with Gasteiger partial charge < -0.3 is 24.5 Å². The van der Waals surface area contributed by atoms with Gasteiger partial charge in [0, 0.05) is 35.1 Å². The highest BCUT2D eigenvalue weighted by molar-refractivity contribution is 6.04. The SMILES string of the molecule is C.CCNCC.Cc1nn(CC(F)(F)F)c2c1-c1cccc3c(CCCOc4cccc5ccccc45)c(C(=O)O)n(c13)CCCCOC2. The summed E-state index contributed by atoms with van der Waals surface area (Å²) in [7, 11) is 0. The van der Waals surface area contributed by atoms with Crippen LogP contribution in [0.25, 0.3) is 32.8 Å². The van der Waals surface area contributed by atoms with Crippen molar-refractivity contribution in [1.82, 2.24) is 19.7 Å². The van der Waals surface area contributed by atoms with Crippen LogP contribution in [-0.2, 0) is 30.9 Å². The molecule has 0 spiro atoms. The Balaban J connectivity index is 0.000000841. The highest BCUT2D eigenvalue weighted by atomic mass is 19.4. The van der Waals surface area contributed by atoms with Crippen molar-refractivity contribution in [2.75, 3.05) is 26.3 Å². The van der Waals surface area contributed by atoms with Crippen LogP contribution in [-0.4, -0.2) is 57.9 Å². The molecule has 0 amide bonds. The molecule has 0 fully saturated rings. The molecule has 49 heavy (non-hydrogen) atoms. The van der Waals surface area contributed by atoms with E-state index in [1.807, 2.05) is 65.2 Å². The van der Waals surface area contributed by atoms with Crippen molar-refractivity contribution in [3.05, 3.63) is 83.3 Å². The van der Waals surface area contributed by atoms with Gasteiger partial charge in [0.1, 0.15) is 18.0 Å². The summed E-state index contributed by atoms with van der Waals surface area (Å²) in [6.07, 6.45) is -2.12. The molecule has 0 aliphatic carbocycles. The summed E-state index contributed by atoms with van der Waals surface area (Å²) in [5.41, 5.74) is 3.57. The normalized spacial score (nSPS) is 13.2. The fourth-order valence-corrected chi connectivity index (χ4v) is 6.48. The summed E-state index contributed by atoms with van der Waals surface area (Å²) in [6.45, 7) is 8.00. The molecule has 0 atom stereocenters. The fraction of sp³-hybridized carbons (Fsp3) is 0.421. The molecule has 0 saturated heterocycles. The minimum absolute atomic E-state index is 0. The third kappa shape index (κ3) is 8.63. The topological polar surface area (TPSA) is 90.5 Å². The molecular formula is C38H47F3N4O4. The lowest BCUT2D eigenvalue weighted by atomic mass is 9.98. The van der Waals surface area contributed by atoms with Crippen LogP contribution in [0.1, 0.15) is 68.0 Å². The smallest absolute Gasteiger partial charge is 0.408 e. The Morgan fingerprint density at radius 2 is 1.73 bits per heavy atom. The molecule has 2 aromatic heterocycles. The van der Waals surface area contributed by atoms with Gasteiger partial charge in [-0.3, -0.25) is 4.68 Å². The van der Waals surface area contributed by atoms with E-state index < -0.39 is 18.7 Å². The van der Waals surface area contributed by atoms with Crippen LogP contribution in [0.15, 0.2) is 60.7 Å². The van der Waals surface area contributed by atoms with Gasteiger partial charge >= 0.3 is 12.1 Å². The fourth-order valence-electron chi connectivity index (χ4n) is 6.48. The van der Waals surface area contributed by atoms with Gasteiger partial charge in [-0.1, -0.05) is 75.9 Å². The Kier molecular flexibility index (Phi) is 12.9. The van der Waals surface area contributed by atoms with Crippen LogP contribution in [0.4, 0.5) is 13.2 Å². The Hall–Kier alpha value is -4.35. The lowest BCUT2D eigenvalue weighted by Gasteiger charge is -2.13. The van der Waals surface area contributed by atoms with E-state index in [-0.39, 0.29) is 19.7 Å². The van der Waals surface area contributed by atoms with Gasteiger partial charge in [-0.05, 0) is 62.7 Å². The van der Waals surface area contributed by atoms with E-state index >= 15 is 0 Å². The molecule has 3 heterocycles. The maximum absolute atomic E-state index is 13.5. The van der Waals surface area contributed by atoms with Crippen molar-refractivity contribution in [1.29, 1.82) is 0 Å². The van der Waals surface area contributed by atoms with E-state index in [1.54, 1.807) is 6.92 Å². The maximum Gasteiger partial charge on any atom is 0.408 e. The highest BCUT2D eigenvalue weighted by Gasteiger charge is 2.32. The molecule has 6 rings (SSSR count). The number of fused-ring (bicyclic) bond motifs is 3. The predicted octanol–water partition coefficient (Wildman–Crippen LogP) is 8.80. The van der Waals surface area contributed by atoms with E-state index in [0.29, 0.717) is 79.0 Å². The van der Waals surface area contributed by atoms with Gasteiger partial charge in [0.05, 0.1) is 30.1 Å². The molecule has 8 nitrogen and oxygen atoms in total. The van der Waals surface area contributed by atoms with E-state index in [1.165, 1.54) is 0 Å². The average molecular weight is 681 g/mol. The molecule has 3 aromatic carbocycles. The molecule has 0 bridgehead atoms. The summed E-state index contributed by atoms with van der Waals surface area (Å²) in [6, 6.07) is 19.4. The van der Waals surface area contributed by atoms with E-state index in [9.17, 15) is 23.1 Å². The Labute approximate surface area is 285 Å². The van der Waals surface area contributed by atoms with Crippen molar-refractivity contribution in [2.45, 2.75) is 79.8 Å². The number of ether oxygens (including phenoxy) is 2. The van der Waals surface area contributed by atoms with Crippen LogP contribution in [0.5, 0.6) is 5.75 Å². The Morgan fingerprint density at radius 3 is 2.45 bits per heavy atom. The number of aryl methyl sites for hydroxylation is 3. The molecule has 1 aliphatic rings. The zero-order valence-electron chi connectivity index (χ0n) is 27.7. The third-order valence-electron chi connectivity index (χ3n) is 8.46. The molecule has 2 N–H and O–H groups in total. The van der Waals surface area contributed by atoms with Crippen molar-refractivity contribution >= 4 is 27.6 Å². The van der Waals surface area contributed by atoms with Crippen molar-refractivity contribution in [3.63, 3.8) is 0 Å². The van der Waals surface area contributed by atoms with E-state index in [0.717, 1.165) is 39.7 Å². The van der Waals surface area contributed by atoms with Crippen LogP contribution < -0.4 is 10.1 Å². The summed E-state index contributed by atoms with van der Waals surface area (Å²) < 4.78 is 55.2. The third-order valence-corrected chi connectivity index (χ3v) is 8.46. The predicted molar refractivity (Wildman–Crippen MR) is 189 cm³/mol. The largest absolute Gasteiger partial charge is 0.493 e. The second-order valence-corrected chi connectivity index (χ2v) is 11.8. The number of carbonyl (C=O) groups is 1. The Morgan fingerprint density at radius 1 is 1.02 bits per heavy atom. The molecule has 0 radical (unpaired) electrons. The molecule has 11 heteroatoms. The first-order chi connectivity index (χ1) is 23.1. The summed E-state index contributed by atoms with van der Waals surface area (Å²) in [5, 5.41) is 20.7. The zero-order chi connectivity index (χ0) is 34.3. The van der Waals surface area contributed by atoms with Crippen molar-refractivity contribution in [3.8, 4) is 16.9 Å². The number of hydrogen-bond acceptors (Lipinski definition) is 5. The van der Waals surface area contributed by atoms with Crippen LogP contribution in [0, 0.1) is 6.92 Å². The average Bonchev–Trinajstić information content (AvgIpc) is 3.52. The first-order valence-electron chi connectivity index (χ1n) is 16.5. The number of benzene rings is 3. The molecule has 264 valence electrons. The minimum atomic E-state index is -4.46. The number of carboxylic acids is 1. The number of hydrogen-bond donors (Lipinski definition) is 2. The monoisotopic (exact) mass is 680 g/mol. The van der Waals surface area contributed by atoms with Gasteiger partial charge in [0.15, 0.2) is 0 Å². The second-order valence-electron chi connectivity index (χ2n) is 11.8. The number of para-hydroxylation sites is 1. The van der Waals surface area contributed by atoms with Gasteiger partial charge in [0.25, 0.3) is 0 Å². The first-order valence-corrected chi connectivity index (χ1v) is 16.5. The number of aromatic carboxylic acids is 1. The first kappa shape index (κ1) is 37.5. The quantitative estimate of drug-likeness (QED) is 0.151. The van der Waals surface area contributed by atoms with E-state index in [4.69, 9.17) is 9.47 Å². The highest BCUT2D eigenvalue weighted by Crippen LogP contribution is 2.39. The number of carboxylic acid groups (broad SMARTS) is 1. The molecule has 0 unspecified atom stereocenters. The summed E-state index contributed by atoms with van der Waals surface area (Å²) >= 11 is 0. The molecular weight excluding hydrogens is 633 g/mol. The van der Waals surface area contributed by atoms with E-state index in [2.05, 4.69) is 24.3 Å². The lowest BCUT2D eigenvalue weighted by Crippen LogP contribution is -2.21. The number of rotatable bonds is 9. The van der Waals surface area contributed by atoms with Crippen LogP contribution in [0.2, 0.25) is 0 Å². The summed E-state index contributed by atoms with van der Waals surface area (Å²) in [4.78, 5) is 12.8. The number of halogens is 3. The number of nitrogens with one attached hydrogen (secondary N) is 1. The van der Waals surface area contributed by atoms with Crippen molar-refractivity contribution in [2.24, 2.45) is 0 Å². The van der Waals surface area contributed by atoms with Crippen LogP contribution >= 0.6 is 0 Å². The van der Waals surface area contributed by atoms with Gasteiger partial charge in [-0.25, -0.2) is 4.79 Å². The standard InChI is InChI=1S/C33H32F3N3O4.C4H11N.CH4/c1-21-29-26-13-7-12-24-25(14-8-18-43-28-15-6-10-22-9-2-3-11-23(22)28)31(32(40)41)38(30(24)26)16-4-5-17-42-19-27(29)39(37-21)20-33(34,35)36;1-3-5-4-2;/h2-3,6-7,9-13,15H,4-5,8,14,16-20H2,1H3,(H,40,41);5H,3-4H2,1-2H3;1H4. The molecule has 5 aromatic rings. The number of alkyl halides is 3. The van der Waals surface area contributed by atoms with Gasteiger partial charge in [0.2, 0.25) is 0 Å². The minimum Gasteiger partial charge on any atom is -0.493 e. The van der Waals surface area contributed by atoms with Gasteiger partial charge in [-0.15, -0.1) is 0 Å². The van der Waals surface area contributed by atoms with Gasteiger partial charge in [-0.2, -0.15) is 18.3 Å². The number of nitrogens with zero attached hydrogens (tertiary/aromatic N) is 3. The Bertz CT molecular complexity index is 1850.